The van der Waals surface area contributed by atoms with Crippen molar-refractivity contribution >= 4 is 33.3 Å². The number of primary amides is 1. The van der Waals surface area contributed by atoms with Gasteiger partial charge in [0.25, 0.3) is 0 Å². The molecule has 0 bridgehead atoms. The lowest BCUT2D eigenvalue weighted by Gasteiger charge is -2.20. The van der Waals surface area contributed by atoms with E-state index in [-0.39, 0.29) is 0 Å². The quantitative estimate of drug-likeness (QED) is 0.512. The molecule has 0 spiro atoms. The molecule has 3 heterocycles. The first-order valence-corrected chi connectivity index (χ1v) is 10.5. The van der Waals surface area contributed by atoms with Crippen LogP contribution >= 0.6 is 11.5 Å². The first kappa shape index (κ1) is 18.5. The van der Waals surface area contributed by atoms with Crippen LogP contribution in [0.25, 0.3) is 21.6 Å². The summed E-state index contributed by atoms with van der Waals surface area (Å²) in [6.07, 6.45) is 1.73. The Hall–Kier alpha value is -3.52. The number of rotatable bonds is 5. The Morgan fingerprint density at radius 3 is 2.83 bits per heavy atom. The standard InChI is InChI=1S/C22H19N5O2S/c23-20(28)15-9-4-8-14-17(27-30-19(14)15)21-25-16-10-5-11-29-18(16)22(26-21)24-12-13-6-2-1-3-7-13/h1-4,6-9H,5,10-12H2,(H2,23,28)(H,24,25,26). The van der Waals surface area contributed by atoms with Crippen LogP contribution in [0, 0.1) is 0 Å². The molecule has 7 nitrogen and oxygen atoms in total. The van der Waals surface area contributed by atoms with Crippen molar-refractivity contribution in [2.75, 3.05) is 11.9 Å². The van der Waals surface area contributed by atoms with Gasteiger partial charge in [-0.3, -0.25) is 4.79 Å². The topological polar surface area (TPSA) is 103 Å². The molecule has 0 saturated heterocycles. The fourth-order valence-electron chi connectivity index (χ4n) is 3.56. The van der Waals surface area contributed by atoms with Crippen LogP contribution < -0.4 is 15.8 Å². The number of ether oxygens (including phenoxy) is 1. The molecule has 8 heteroatoms. The summed E-state index contributed by atoms with van der Waals surface area (Å²) >= 11 is 1.23. The molecule has 4 aromatic rings. The van der Waals surface area contributed by atoms with E-state index in [0.29, 0.717) is 41.8 Å². The summed E-state index contributed by atoms with van der Waals surface area (Å²) in [5, 5.41) is 4.22. The molecular formula is C22H19N5O2S. The third-order valence-electron chi connectivity index (χ3n) is 5.02. The van der Waals surface area contributed by atoms with Gasteiger partial charge in [-0.2, -0.15) is 4.37 Å². The van der Waals surface area contributed by atoms with Crippen LogP contribution in [0.1, 0.15) is 28.0 Å². The van der Waals surface area contributed by atoms with Crippen molar-refractivity contribution in [3.8, 4) is 17.3 Å². The largest absolute Gasteiger partial charge is 0.488 e. The third-order valence-corrected chi connectivity index (χ3v) is 5.91. The third kappa shape index (κ3) is 3.35. The van der Waals surface area contributed by atoms with Crippen molar-refractivity contribution in [1.82, 2.24) is 14.3 Å². The Labute approximate surface area is 177 Å². The molecule has 0 saturated carbocycles. The van der Waals surface area contributed by atoms with Gasteiger partial charge in [0.2, 0.25) is 5.91 Å². The van der Waals surface area contributed by atoms with E-state index in [4.69, 9.17) is 20.4 Å². The van der Waals surface area contributed by atoms with Crippen LogP contribution in [0.4, 0.5) is 5.82 Å². The molecule has 2 aromatic carbocycles. The normalized spacial score (nSPS) is 12.9. The van der Waals surface area contributed by atoms with Gasteiger partial charge >= 0.3 is 0 Å². The van der Waals surface area contributed by atoms with Gasteiger partial charge in [-0.1, -0.05) is 42.5 Å². The zero-order valence-electron chi connectivity index (χ0n) is 16.1. The number of carbonyl (C=O) groups excluding carboxylic acids is 1. The monoisotopic (exact) mass is 417 g/mol. The lowest BCUT2D eigenvalue weighted by molar-refractivity contribution is 0.100. The van der Waals surface area contributed by atoms with Crippen molar-refractivity contribution in [3.05, 3.63) is 65.4 Å². The van der Waals surface area contributed by atoms with Crippen molar-refractivity contribution in [3.63, 3.8) is 0 Å². The molecule has 5 rings (SSSR count). The predicted molar refractivity (Wildman–Crippen MR) is 117 cm³/mol. The zero-order valence-corrected chi connectivity index (χ0v) is 16.9. The van der Waals surface area contributed by atoms with Gasteiger partial charge in [-0.15, -0.1) is 0 Å². The molecule has 0 unspecified atom stereocenters. The highest BCUT2D eigenvalue weighted by Gasteiger charge is 2.23. The van der Waals surface area contributed by atoms with Gasteiger partial charge in [0.1, 0.15) is 5.69 Å². The smallest absolute Gasteiger partial charge is 0.250 e. The van der Waals surface area contributed by atoms with Gasteiger partial charge in [-0.25, -0.2) is 9.97 Å². The van der Waals surface area contributed by atoms with E-state index in [2.05, 4.69) is 21.8 Å². The highest BCUT2D eigenvalue weighted by Crippen LogP contribution is 2.36. The molecule has 3 N–H and O–H groups in total. The summed E-state index contributed by atoms with van der Waals surface area (Å²) in [5.74, 6) is 1.41. The highest BCUT2D eigenvalue weighted by molar-refractivity contribution is 7.14. The summed E-state index contributed by atoms with van der Waals surface area (Å²) in [5.41, 5.74) is 8.64. The Kier molecular flexibility index (Phi) is 4.76. The first-order valence-electron chi connectivity index (χ1n) is 9.71. The Morgan fingerprint density at radius 2 is 2.00 bits per heavy atom. The van der Waals surface area contributed by atoms with Gasteiger partial charge in [-0.05, 0) is 36.0 Å². The minimum absolute atomic E-state index is 0.458. The van der Waals surface area contributed by atoms with Crippen molar-refractivity contribution in [2.45, 2.75) is 19.4 Å². The Morgan fingerprint density at radius 1 is 1.13 bits per heavy atom. The van der Waals surface area contributed by atoms with Crippen LogP contribution in [-0.4, -0.2) is 26.9 Å². The second-order valence-electron chi connectivity index (χ2n) is 7.04. The van der Waals surface area contributed by atoms with Gasteiger partial charge in [0, 0.05) is 11.9 Å². The molecule has 30 heavy (non-hydrogen) atoms. The van der Waals surface area contributed by atoms with E-state index in [1.807, 2.05) is 24.3 Å². The molecule has 0 atom stereocenters. The van der Waals surface area contributed by atoms with Gasteiger partial charge < -0.3 is 15.8 Å². The first-order chi connectivity index (χ1) is 14.7. The Bertz CT molecular complexity index is 1240. The number of aromatic nitrogens is 3. The Balaban J connectivity index is 1.58. The van der Waals surface area contributed by atoms with Crippen LogP contribution in [0.2, 0.25) is 0 Å². The molecule has 1 amide bonds. The minimum Gasteiger partial charge on any atom is -0.488 e. The number of nitrogens with zero attached hydrogens (tertiary/aromatic N) is 3. The number of benzene rings is 2. The molecule has 1 aliphatic heterocycles. The number of hydrogen-bond donors (Lipinski definition) is 2. The molecule has 150 valence electrons. The van der Waals surface area contributed by atoms with E-state index in [1.54, 1.807) is 12.1 Å². The summed E-state index contributed by atoms with van der Waals surface area (Å²) in [6.45, 7) is 1.27. The summed E-state index contributed by atoms with van der Waals surface area (Å²) < 4.78 is 11.2. The van der Waals surface area contributed by atoms with Crippen LogP contribution in [0.15, 0.2) is 48.5 Å². The van der Waals surface area contributed by atoms with E-state index in [9.17, 15) is 4.79 Å². The maximum atomic E-state index is 11.8. The lowest BCUT2D eigenvalue weighted by atomic mass is 10.1. The average molecular weight is 417 g/mol. The SMILES string of the molecule is NC(=O)c1cccc2c(-c3nc4c(c(NCc5ccccc5)n3)OCCC4)nsc12. The van der Waals surface area contributed by atoms with Crippen LogP contribution in [-0.2, 0) is 13.0 Å². The fraction of sp³-hybridized carbons (Fsp3) is 0.182. The fourth-order valence-corrected chi connectivity index (χ4v) is 4.45. The lowest BCUT2D eigenvalue weighted by Crippen LogP contribution is -2.15. The van der Waals surface area contributed by atoms with Crippen molar-refractivity contribution < 1.29 is 9.53 Å². The average Bonchev–Trinajstić information content (AvgIpc) is 3.22. The molecule has 0 aliphatic carbocycles. The van der Waals surface area contributed by atoms with Crippen molar-refractivity contribution in [2.24, 2.45) is 5.73 Å². The predicted octanol–water partition coefficient (Wildman–Crippen LogP) is 3.79. The summed E-state index contributed by atoms with van der Waals surface area (Å²) in [7, 11) is 0. The van der Waals surface area contributed by atoms with Crippen LogP contribution in [0.5, 0.6) is 5.75 Å². The van der Waals surface area contributed by atoms with E-state index in [0.717, 1.165) is 34.2 Å². The number of carbonyl (C=O) groups is 1. The van der Waals surface area contributed by atoms with E-state index >= 15 is 0 Å². The van der Waals surface area contributed by atoms with Crippen molar-refractivity contribution in [1.29, 1.82) is 0 Å². The second kappa shape index (κ2) is 7.72. The summed E-state index contributed by atoms with van der Waals surface area (Å²) in [4.78, 5) is 21.3. The number of fused-ring (bicyclic) bond motifs is 2. The number of amides is 1. The van der Waals surface area contributed by atoms with Gasteiger partial charge in [0.15, 0.2) is 17.4 Å². The molecule has 1 aliphatic rings. The zero-order chi connectivity index (χ0) is 20.5. The summed E-state index contributed by atoms with van der Waals surface area (Å²) in [6, 6.07) is 15.5. The minimum atomic E-state index is -0.472. The second-order valence-corrected chi connectivity index (χ2v) is 7.81. The van der Waals surface area contributed by atoms with E-state index < -0.39 is 5.91 Å². The molecule has 0 fully saturated rings. The number of nitrogens with one attached hydrogen (secondary N) is 1. The maximum absolute atomic E-state index is 11.8. The number of anilines is 1. The number of aryl methyl sites for hydroxylation is 1. The number of hydrogen-bond acceptors (Lipinski definition) is 7. The highest BCUT2D eigenvalue weighted by atomic mass is 32.1. The maximum Gasteiger partial charge on any atom is 0.250 e. The molecule has 2 aromatic heterocycles. The van der Waals surface area contributed by atoms with E-state index in [1.165, 1.54) is 11.5 Å². The number of nitrogens with two attached hydrogens (primary N) is 1. The van der Waals surface area contributed by atoms with Gasteiger partial charge in [0.05, 0.1) is 22.6 Å². The molecular weight excluding hydrogens is 398 g/mol. The molecule has 0 radical (unpaired) electrons. The van der Waals surface area contributed by atoms with Crippen LogP contribution in [0.3, 0.4) is 0 Å².